The number of nitrogens with zero attached hydrogens (tertiary/aromatic N) is 1. The number of thioether (sulfide) groups is 1. The zero-order valence-electron chi connectivity index (χ0n) is 21.1. The van der Waals surface area contributed by atoms with Gasteiger partial charge in [0.2, 0.25) is 0 Å². The zero-order chi connectivity index (χ0) is 26.6. The molecule has 1 fully saturated rings. The van der Waals surface area contributed by atoms with Crippen LogP contribution in [-0.2, 0) is 16.1 Å². The number of carbonyl (C=O) groups excluding carboxylic acids is 3. The van der Waals surface area contributed by atoms with Crippen LogP contribution in [0.2, 0.25) is 0 Å². The molecule has 1 N–H and O–H groups in total. The van der Waals surface area contributed by atoms with Crippen molar-refractivity contribution in [3.8, 4) is 5.75 Å². The predicted molar refractivity (Wildman–Crippen MR) is 152 cm³/mol. The molecular formula is C31H26N2O4S. The fourth-order valence-electron chi connectivity index (χ4n) is 4.27. The van der Waals surface area contributed by atoms with Crippen molar-refractivity contribution in [2.45, 2.75) is 20.4 Å². The first-order valence-electron chi connectivity index (χ1n) is 12.2. The van der Waals surface area contributed by atoms with Crippen LogP contribution in [0.4, 0.5) is 10.5 Å². The van der Waals surface area contributed by atoms with Crippen molar-refractivity contribution in [2.24, 2.45) is 0 Å². The van der Waals surface area contributed by atoms with E-state index in [1.165, 1.54) is 4.90 Å². The van der Waals surface area contributed by atoms with Crippen molar-refractivity contribution in [1.82, 2.24) is 4.90 Å². The van der Waals surface area contributed by atoms with E-state index in [1.54, 1.807) is 24.3 Å². The van der Waals surface area contributed by atoms with E-state index < -0.39 is 0 Å². The van der Waals surface area contributed by atoms with Crippen LogP contribution >= 0.6 is 11.8 Å². The van der Waals surface area contributed by atoms with Gasteiger partial charge in [-0.3, -0.25) is 19.3 Å². The van der Waals surface area contributed by atoms with Gasteiger partial charge in [-0.05, 0) is 77.3 Å². The van der Waals surface area contributed by atoms with Gasteiger partial charge in [-0.15, -0.1) is 0 Å². The van der Waals surface area contributed by atoms with E-state index in [0.717, 1.165) is 39.2 Å². The Kier molecular flexibility index (Phi) is 7.29. The van der Waals surface area contributed by atoms with Crippen LogP contribution in [0.15, 0.2) is 89.8 Å². The number of nitrogens with one attached hydrogen (secondary N) is 1. The molecule has 0 atom stereocenters. The van der Waals surface area contributed by atoms with Gasteiger partial charge in [0.25, 0.3) is 17.1 Å². The second-order valence-electron chi connectivity index (χ2n) is 9.08. The number of carbonyl (C=O) groups is 3. The fraction of sp³-hybridized carbons (Fsp3) is 0.129. The van der Waals surface area contributed by atoms with Gasteiger partial charge < -0.3 is 10.1 Å². The number of hydrogen-bond donors (Lipinski definition) is 1. The van der Waals surface area contributed by atoms with Crippen LogP contribution in [-0.4, -0.2) is 28.6 Å². The Morgan fingerprint density at radius 3 is 2.53 bits per heavy atom. The average molecular weight is 523 g/mol. The minimum Gasteiger partial charge on any atom is -0.483 e. The maximum atomic E-state index is 13.2. The summed E-state index contributed by atoms with van der Waals surface area (Å²) in [5.41, 5.74) is 4.46. The fourth-order valence-corrected chi connectivity index (χ4v) is 5.10. The van der Waals surface area contributed by atoms with Gasteiger partial charge in [0.15, 0.2) is 6.61 Å². The highest BCUT2D eigenvalue weighted by atomic mass is 32.2. The molecule has 4 aromatic rings. The number of fused-ring (bicyclic) bond motifs is 1. The van der Waals surface area contributed by atoms with Gasteiger partial charge in [0, 0.05) is 11.3 Å². The first kappa shape index (κ1) is 25.3. The van der Waals surface area contributed by atoms with Crippen LogP contribution in [0.1, 0.15) is 22.3 Å². The summed E-state index contributed by atoms with van der Waals surface area (Å²) < 4.78 is 5.79. The topological polar surface area (TPSA) is 75.7 Å². The Labute approximate surface area is 225 Å². The molecule has 3 amide bonds. The smallest absolute Gasteiger partial charge is 0.293 e. The predicted octanol–water partition coefficient (Wildman–Crippen LogP) is 6.71. The van der Waals surface area contributed by atoms with Crippen molar-refractivity contribution in [2.75, 3.05) is 11.9 Å². The van der Waals surface area contributed by atoms with Crippen molar-refractivity contribution in [3.05, 3.63) is 112 Å². The Morgan fingerprint density at radius 1 is 0.921 bits per heavy atom. The number of para-hydroxylation sites is 1. The summed E-state index contributed by atoms with van der Waals surface area (Å²) in [7, 11) is 0. The molecule has 1 saturated heterocycles. The standard InChI is InChI=1S/C31H26N2O4S/c1-20-14-15-25(16-21(20)2)32-29(34)19-37-27-13-6-4-9-23(27)17-28-30(35)33(31(36)38-28)18-24-11-7-10-22-8-3-5-12-26(22)24/h3-17H,18-19H2,1-2H3,(H,32,34)/b28-17-. The third-order valence-electron chi connectivity index (χ3n) is 6.44. The van der Waals surface area contributed by atoms with E-state index in [9.17, 15) is 14.4 Å². The second-order valence-corrected chi connectivity index (χ2v) is 10.1. The lowest BCUT2D eigenvalue weighted by molar-refractivity contribution is -0.123. The van der Waals surface area contributed by atoms with Crippen LogP contribution in [0.3, 0.4) is 0 Å². The lowest BCUT2D eigenvalue weighted by Crippen LogP contribution is -2.27. The largest absolute Gasteiger partial charge is 0.483 e. The number of aryl methyl sites for hydroxylation is 2. The summed E-state index contributed by atoms with van der Waals surface area (Å²) in [5, 5.41) is 4.58. The van der Waals surface area contributed by atoms with Gasteiger partial charge >= 0.3 is 0 Å². The Bertz CT molecular complexity index is 1590. The third kappa shape index (κ3) is 5.48. The number of ether oxygens (including phenoxy) is 1. The summed E-state index contributed by atoms with van der Waals surface area (Å²) in [4.78, 5) is 40.0. The molecule has 0 saturated carbocycles. The van der Waals surface area contributed by atoms with Gasteiger partial charge in [-0.2, -0.15) is 0 Å². The van der Waals surface area contributed by atoms with Gasteiger partial charge in [0.05, 0.1) is 11.4 Å². The Balaban J connectivity index is 1.29. The molecule has 0 aromatic heterocycles. The lowest BCUT2D eigenvalue weighted by Gasteiger charge is -2.14. The summed E-state index contributed by atoms with van der Waals surface area (Å²) in [5.74, 6) is -0.197. The van der Waals surface area contributed by atoms with E-state index in [4.69, 9.17) is 4.74 Å². The summed E-state index contributed by atoms with van der Waals surface area (Å²) >= 11 is 0.902. The first-order valence-corrected chi connectivity index (χ1v) is 13.0. The first-order chi connectivity index (χ1) is 18.4. The summed E-state index contributed by atoms with van der Waals surface area (Å²) in [6.07, 6.45) is 1.64. The second kappa shape index (κ2) is 10.9. The summed E-state index contributed by atoms with van der Waals surface area (Å²) in [6.45, 7) is 4.00. The van der Waals surface area contributed by atoms with Gasteiger partial charge in [-0.25, -0.2) is 0 Å². The molecule has 0 spiro atoms. The normalized spacial score (nSPS) is 14.4. The van der Waals surface area contributed by atoms with Crippen LogP contribution in [0.5, 0.6) is 5.75 Å². The SMILES string of the molecule is Cc1ccc(NC(=O)COc2ccccc2/C=C2\SC(=O)N(Cc3cccc4ccccc34)C2=O)cc1C. The van der Waals surface area contributed by atoms with E-state index >= 15 is 0 Å². The number of imide groups is 1. The van der Waals surface area contributed by atoms with E-state index in [2.05, 4.69) is 5.32 Å². The molecule has 4 aromatic carbocycles. The lowest BCUT2D eigenvalue weighted by atomic mass is 10.0. The number of rotatable bonds is 7. The quantitative estimate of drug-likeness (QED) is 0.273. The molecule has 1 aliphatic rings. The Morgan fingerprint density at radius 2 is 1.68 bits per heavy atom. The molecule has 0 unspecified atom stereocenters. The molecule has 0 bridgehead atoms. The van der Waals surface area contributed by atoms with Crippen molar-refractivity contribution in [1.29, 1.82) is 0 Å². The zero-order valence-corrected chi connectivity index (χ0v) is 21.9. The molecule has 38 heavy (non-hydrogen) atoms. The van der Waals surface area contributed by atoms with Gasteiger partial charge in [-0.1, -0.05) is 66.7 Å². The van der Waals surface area contributed by atoms with E-state index in [0.29, 0.717) is 21.9 Å². The van der Waals surface area contributed by atoms with Crippen molar-refractivity contribution in [3.63, 3.8) is 0 Å². The minimum atomic E-state index is -0.352. The van der Waals surface area contributed by atoms with Crippen LogP contribution in [0.25, 0.3) is 16.8 Å². The van der Waals surface area contributed by atoms with Crippen molar-refractivity contribution < 1.29 is 19.1 Å². The van der Waals surface area contributed by atoms with E-state index in [1.807, 2.05) is 80.6 Å². The average Bonchev–Trinajstić information content (AvgIpc) is 3.18. The van der Waals surface area contributed by atoms with Crippen molar-refractivity contribution >= 4 is 51.4 Å². The number of benzene rings is 4. The molecule has 190 valence electrons. The highest BCUT2D eigenvalue weighted by molar-refractivity contribution is 8.18. The molecule has 0 radical (unpaired) electrons. The monoisotopic (exact) mass is 522 g/mol. The minimum absolute atomic E-state index is 0.194. The number of hydrogen-bond acceptors (Lipinski definition) is 5. The number of amides is 3. The molecule has 1 heterocycles. The highest BCUT2D eigenvalue weighted by Gasteiger charge is 2.35. The maximum absolute atomic E-state index is 13.2. The maximum Gasteiger partial charge on any atom is 0.293 e. The third-order valence-corrected chi connectivity index (χ3v) is 7.34. The molecule has 0 aliphatic carbocycles. The summed E-state index contributed by atoms with van der Waals surface area (Å²) in [6, 6.07) is 26.6. The highest BCUT2D eigenvalue weighted by Crippen LogP contribution is 2.35. The Hall–Kier alpha value is -4.36. The molecule has 5 rings (SSSR count). The van der Waals surface area contributed by atoms with E-state index in [-0.39, 0.29) is 30.2 Å². The molecule has 6 nitrogen and oxygen atoms in total. The molecule has 1 aliphatic heterocycles. The number of anilines is 1. The molecule has 7 heteroatoms. The van der Waals surface area contributed by atoms with Crippen LogP contribution < -0.4 is 10.1 Å². The molecular weight excluding hydrogens is 496 g/mol. The van der Waals surface area contributed by atoms with Crippen LogP contribution in [0, 0.1) is 13.8 Å². The van der Waals surface area contributed by atoms with Gasteiger partial charge in [0.1, 0.15) is 5.75 Å².